The summed E-state index contributed by atoms with van der Waals surface area (Å²) in [6.45, 7) is 6.18. The topological polar surface area (TPSA) is 38.9 Å². The zero-order valence-electron chi connectivity index (χ0n) is 7.92. The Morgan fingerprint density at radius 2 is 2.25 bits per heavy atom. The van der Waals surface area contributed by atoms with E-state index in [-0.39, 0.29) is 5.54 Å². The number of aromatic nitrogens is 1. The van der Waals surface area contributed by atoms with Crippen molar-refractivity contribution in [2.45, 2.75) is 39.2 Å². The molecule has 68 valence electrons. The van der Waals surface area contributed by atoms with E-state index in [4.69, 9.17) is 5.73 Å². The van der Waals surface area contributed by atoms with Crippen molar-refractivity contribution in [2.75, 3.05) is 0 Å². The SMILES string of the molecule is CCCc1ncc(C(C)(C)N)s1. The minimum atomic E-state index is -0.232. The van der Waals surface area contributed by atoms with Crippen LogP contribution in [-0.2, 0) is 12.0 Å². The Labute approximate surface area is 77.8 Å². The number of nitrogens with two attached hydrogens (primary N) is 1. The van der Waals surface area contributed by atoms with Crippen LogP contribution in [-0.4, -0.2) is 4.98 Å². The molecule has 0 atom stereocenters. The molecule has 1 aromatic heterocycles. The van der Waals surface area contributed by atoms with E-state index in [2.05, 4.69) is 11.9 Å². The maximum absolute atomic E-state index is 5.94. The molecule has 0 saturated heterocycles. The van der Waals surface area contributed by atoms with E-state index in [1.165, 1.54) is 9.88 Å². The Hall–Kier alpha value is -0.410. The summed E-state index contributed by atoms with van der Waals surface area (Å²) < 4.78 is 0. The minimum absolute atomic E-state index is 0.232. The summed E-state index contributed by atoms with van der Waals surface area (Å²) in [4.78, 5) is 5.48. The molecular weight excluding hydrogens is 168 g/mol. The van der Waals surface area contributed by atoms with Gasteiger partial charge in [0.05, 0.1) is 5.01 Å². The first-order chi connectivity index (χ1) is 5.54. The van der Waals surface area contributed by atoms with E-state index in [1.54, 1.807) is 11.3 Å². The quantitative estimate of drug-likeness (QED) is 0.782. The maximum atomic E-state index is 5.94. The number of nitrogens with zero attached hydrogens (tertiary/aromatic N) is 1. The van der Waals surface area contributed by atoms with Gasteiger partial charge in [0.1, 0.15) is 0 Å². The minimum Gasteiger partial charge on any atom is -0.321 e. The highest BCUT2D eigenvalue weighted by Crippen LogP contribution is 2.24. The van der Waals surface area contributed by atoms with E-state index >= 15 is 0 Å². The fourth-order valence-electron chi connectivity index (χ4n) is 0.938. The Morgan fingerprint density at radius 1 is 1.58 bits per heavy atom. The Balaban J connectivity index is 2.77. The fraction of sp³-hybridized carbons (Fsp3) is 0.667. The van der Waals surface area contributed by atoms with Crippen LogP contribution in [0.3, 0.4) is 0 Å². The molecule has 0 saturated carbocycles. The van der Waals surface area contributed by atoms with Crippen LogP contribution in [0.1, 0.15) is 37.1 Å². The van der Waals surface area contributed by atoms with Crippen molar-refractivity contribution in [1.29, 1.82) is 0 Å². The molecule has 0 aliphatic heterocycles. The molecule has 0 fully saturated rings. The lowest BCUT2D eigenvalue weighted by molar-refractivity contribution is 0.566. The third kappa shape index (κ3) is 2.29. The highest BCUT2D eigenvalue weighted by molar-refractivity contribution is 7.11. The van der Waals surface area contributed by atoms with Crippen LogP contribution < -0.4 is 5.73 Å². The van der Waals surface area contributed by atoms with Gasteiger partial charge in [-0.15, -0.1) is 11.3 Å². The Morgan fingerprint density at radius 3 is 2.67 bits per heavy atom. The molecule has 1 rings (SSSR count). The van der Waals surface area contributed by atoms with Gasteiger partial charge in [0.15, 0.2) is 0 Å². The summed E-state index contributed by atoms with van der Waals surface area (Å²) in [5.74, 6) is 0. The van der Waals surface area contributed by atoms with Gasteiger partial charge in [-0.2, -0.15) is 0 Å². The summed E-state index contributed by atoms with van der Waals surface area (Å²) in [6.07, 6.45) is 4.12. The maximum Gasteiger partial charge on any atom is 0.0928 e. The van der Waals surface area contributed by atoms with Crippen molar-refractivity contribution in [1.82, 2.24) is 4.98 Å². The van der Waals surface area contributed by atoms with Gasteiger partial charge in [-0.1, -0.05) is 6.92 Å². The molecule has 2 nitrogen and oxygen atoms in total. The molecule has 0 aromatic carbocycles. The van der Waals surface area contributed by atoms with Gasteiger partial charge in [-0.25, -0.2) is 4.98 Å². The van der Waals surface area contributed by atoms with Crippen LogP contribution in [0.2, 0.25) is 0 Å². The van der Waals surface area contributed by atoms with Gasteiger partial charge >= 0.3 is 0 Å². The molecule has 0 unspecified atom stereocenters. The first kappa shape index (κ1) is 9.68. The fourth-order valence-corrected chi connectivity index (χ4v) is 1.97. The monoisotopic (exact) mass is 184 g/mol. The second-order valence-electron chi connectivity index (χ2n) is 3.59. The standard InChI is InChI=1S/C9H16N2S/c1-4-5-8-11-6-7(12-8)9(2,3)10/h6H,4-5,10H2,1-3H3. The Kier molecular flexibility index (Phi) is 2.85. The predicted molar refractivity (Wildman–Crippen MR) is 53.3 cm³/mol. The number of thiazole rings is 1. The number of hydrogen-bond donors (Lipinski definition) is 1. The van der Waals surface area contributed by atoms with E-state index in [0.717, 1.165) is 12.8 Å². The average molecular weight is 184 g/mol. The molecule has 2 N–H and O–H groups in total. The molecule has 3 heteroatoms. The molecule has 1 aromatic rings. The van der Waals surface area contributed by atoms with Crippen LogP contribution in [0.25, 0.3) is 0 Å². The third-order valence-electron chi connectivity index (χ3n) is 1.65. The van der Waals surface area contributed by atoms with Gasteiger partial charge in [0.2, 0.25) is 0 Å². The lowest BCUT2D eigenvalue weighted by Gasteiger charge is -2.14. The third-order valence-corrected chi connectivity index (χ3v) is 3.05. The predicted octanol–water partition coefficient (Wildman–Crippen LogP) is 2.29. The summed E-state index contributed by atoms with van der Waals surface area (Å²) >= 11 is 1.73. The average Bonchev–Trinajstić information content (AvgIpc) is 2.35. The van der Waals surface area contributed by atoms with E-state index in [0.29, 0.717) is 0 Å². The van der Waals surface area contributed by atoms with E-state index in [9.17, 15) is 0 Å². The highest BCUT2D eigenvalue weighted by atomic mass is 32.1. The summed E-state index contributed by atoms with van der Waals surface area (Å²) in [7, 11) is 0. The molecule has 0 bridgehead atoms. The van der Waals surface area contributed by atoms with Crippen LogP contribution in [0.5, 0.6) is 0 Å². The van der Waals surface area contributed by atoms with Crippen molar-refractivity contribution in [2.24, 2.45) is 5.73 Å². The van der Waals surface area contributed by atoms with Gasteiger partial charge in [-0.05, 0) is 26.7 Å². The van der Waals surface area contributed by atoms with Crippen LogP contribution >= 0.6 is 11.3 Å². The lowest BCUT2D eigenvalue weighted by Crippen LogP contribution is -2.27. The zero-order chi connectivity index (χ0) is 9.19. The van der Waals surface area contributed by atoms with Gasteiger partial charge in [-0.3, -0.25) is 0 Å². The van der Waals surface area contributed by atoms with Crippen LogP contribution in [0.4, 0.5) is 0 Å². The first-order valence-corrected chi connectivity index (χ1v) is 5.09. The highest BCUT2D eigenvalue weighted by Gasteiger charge is 2.16. The molecule has 0 aliphatic carbocycles. The summed E-state index contributed by atoms with van der Waals surface area (Å²) in [6, 6.07) is 0. The number of hydrogen-bond acceptors (Lipinski definition) is 3. The number of rotatable bonds is 3. The molecule has 0 spiro atoms. The van der Waals surface area contributed by atoms with Gasteiger partial charge < -0.3 is 5.73 Å². The van der Waals surface area contributed by atoms with Crippen molar-refractivity contribution < 1.29 is 0 Å². The largest absolute Gasteiger partial charge is 0.321 e. The van der Waals surface area contributed by atoms with Crippen LogP contribution in [0.15, 0.2) is 6.20 Å². The molecule has 0 aliphatic rings. The summed E-state index contributed by atoms with van der Waals surface area (Å²) in [5, 5.41) is 1.20. The lowest BCUT2D eigenvalue weighted by atomic mass is 10.1. The molecule has 0 radical (unpaired) electrons. The van der Waals surface area contributed by atoms with Crippen molar-refractivity contribution in [3.63, 3.8) is 0 Å². The van der Waals surface area contributed by atoms with Gasteiger partial charge in [0, 0.05) is 16.6 Å². The van der Waals surface area contributed by atoms with Gasteiger partial charge in [0.25, 0.3) is 0 Å². The number of aryl methyl sites for hydroxylation is 1. The van der Waals surface area contributed by atoms with Crippen LogP contribution in [0, 0.1) is 0 Å². The molecular formula is C9H16N2S. The van der Waals surface area contributed by atoms with Crippen molar-refractivity contribution in [3.8, 4) is 0 Å². The molecule has 0 amide bonds. The smallest absolute Gasteiger partial charge is 0.0928 e. The molecule has 12 heavy (non-hydrogen) atoms. The van der Waals surface area contributed by atoms with Crippen molar-refractivity contribution in [3.05, 3.63) is 16.1 Å². The normalized spacial score (nSPS) is 12.0. The van der Waals surface area contributed by atoms with E-state index < -0.39 is 0 Å². The Bertz CT molecular complexity index is 247. The van der Waals surface area contributed by atoms with Crippen molar-refractivity contribution >= 4 is 11.3 Å². The first-order valence-electron chi connectivity index (χ1n) is 4.28. The summed E-state index contributed by atoms with van der Waals surface area (Å²) in [5.41, 5.74) is 5.70. The second kappa shape index (κ2) is 3.54. The molecule has 1 heterocycles. The second-order valence-corrected chi connectivity index (χ2v) is 4.71. The van der Waals surface area contributed by atoms with E-state index in [1.807, 2.05) is 20.0 Å². The zero-order valence-corrected chi connectivity index (χ0v) is 8.74.